The molecule has 142 valence electrons. The van der Waals surface area contributed by atoms with Crippen LogP contribution in [-0.4, -0.2) is 32.8 Å². The SMILES string of the molecule is CN=C(NCc1cccs1)NCC1(c2cccc(F)c2)CCOCC1.I. The summed E-state index contributed by atoms with van der Waals surface area (Å²) in [6, 6.07) is 11.1. The maximum Gasteiger partial charge on any atom is 0.191 e. The first-order chi connectivity index (χ1) is 12.2. The second-order valence-electron chi connectivity index (χ2n) is 6.26. The van der Waals surface area contributed by atoms with Crippen molar-refractivity contribution in [2.45, 2.75) is 24.8 Å². The Kier molecular flexibility index (Phi) is 8.30. The summed E-state index contributed by atoms with van der Waals surface area (Å²) in [5, 5.41) is 8.82. The summed E-state index contributed by atoms with van der Waals surface area (Å²) in [5.41, 5.74) is 0.887. The average molecular weight is 489 g/mol. The van der Waals surface area contributed by atoms with Crippen molar-refractivity contribution >= 4 is 41.3 Å². The van der Waals surface area contributed by atoms with Gasteiger partial charge in [0.05, 0.1) is 6.54 Å². The molecule has 0 atom stereocenters. The van der Waals surface area contributed by atoms with Gasteiger partial charge in [-0.15, -0.1) is 35.3 Å². The molecule has 0 aliphatic carbocycles. The predicted molar refractivity (Wildman–Crippen MR) is 116 cm³/mol. The van der Waals surface area contributed by atoms with Crippen LogP contribution in [0.25, 0.3) is 0 Å². The normalized spacial score (nSPS) is 16.6. The lowest BCUT2D eigenvalue weighted by Crippen LogP contribution is -2.47. The summed E-state index contributed by atoms with van der Waals surface area (Å²) in [6.07, 6.45) is 1.73. The second kappa shape index (κ2) is 10.2. The first-order valence-corrected chi connectivity index (χ1v) is 9.40. The van der Waals surface area contributed by atoms with Gasteiger partial charge in [-0.1, -0.05) is 18.2 Å². The Morgan fingerprint density at radius 2 is 2.04 bits per heavy atom. The Balaban J connectivity index is 0.00000243. The van der Waals surface area contributed by atoms with E-state index >= 15 is 0 Å². The fraction of sp³-hybridized carbons (Fsp3) is 0.421. The Morgan fingerprint density at radius 3 is 2.69 bits per heavy atom. The molecule has 7 heteroatoms. The predicted octanol–water partition coefficient (Wildman–Crippen LogP) is 3.92. The van der Waals surface area contributed by atoms with E-state index in [1.54, 1.807) is 30.5 Å². The van der Waals surface area contributed by atoms with Gasteiger partial charge >= 0.3 is 0 Å². The molecule has 4 nitrogen and oxygen atoms in total. The van der Waals surface area contributed by atoms with E-state index in [1.807, 2.05) is 12.1 Å². The standard InChI is InChI=1S/C19H24FN3OS.HI/c1-21-18(22-13-17-6-3-11-25-17)23-14-19(7-9-24-10-8-19)15-4-2-5-16(20)12-15;/h2-6,11-12H,7-10,13-14H2,1H3,(H2,21,22,23);1H. The fourth-order valence-corrected chi connectivity index (χ4v) is 3.85. The second-order valence-corrected chi connectivity index (χ2v) is 7.29. The van der Waals surface area contributed by atoms with Crippen LogP contribution in [0.5, 0.6) is 0 Å². The third-order valence-electron chi connectivity index (χ3n) is 4.71. The van der Waals surface area contributed by atoms with Crippen molar-refractivity contribution in [1.82, 2.24) is 10.6 Å². The number of hydrogen-bond donors (Lipinski definition) is 2. The van der Waals surface area contributed by atoms with Gasteiger partial charge in [0.2, 0.25) is 0 Å². The maximum absolute atomic E-state index is 13.7. The van der Waals surface area contributed by atoms with E-state index in [1.165, 1.54) is 10.9 Å². The van der Waals surface area contributed by atoms with E-state index in [-0.39, 0.29) is 35.2 Å². The Morgan fingerprint density at radius 1 is 1.23 bits per heavy atom. The topological polar surface area (TPSA) is 45.7 Å². The lowest BCUT2D eigenvalue weighted by atomic mass is 9.74. The highest BCUT2D eigenvalue weighted by Gasteiger charge is 2.34. The zero-order chi connectivity index (χ0) is 17.5. The summed E-state index contributed by atoms with van der Waals surface area (Å²) >= 11 is 1.72. The molecule has 1 aromatic heterocycles. The van der Waals surface area contributed by atoms with Crippen molar-refractivity contribution in [3.8, 4) is 0 Å². The molecule has 2 N–H and O–H groups in total. The van der Waals surface area contributed by atoms with Crippen LogP contribution in [0.15, 0.2) is 46.8 Å². The highest BCUT2D eigenvalue weighted by molar-refractivity contribution is 14.0. The third-order valence-corrected chi connectivity index (χ3v) is 5.59. The molecule has 0 bridgehead atoms. The average Bonchev–Trinajstić information content (AvgIpc) is 3.16. The Hall–Kier alpha value is -1.19. The van der Waals surface area contributed by atoms with Gasteiger partial charge in [-0.05, 0) is 42.0 Å². The van der Waals surface area contributed by atoms with Crippen LogP contribution in [0, 0.1) is 5.82 Å². The zero-order valence-corrected chi connectivity index (χ0v) is 18.0. The first kappa shape index (κ1) is 21.1. The van der Waals surface area contributed by atoms with E-state index < -0.39 is 0 Å². The lowest BCUT2D eigenvalue weighted by molar-refractivity contribution is 0.0513. The van der Waals surface area contributed by atoms with Gasteiger partial charge in [-0.2, -0.15) is 0 Å². The van der Waals surface area contributed by atoms with Crippen molar-refractivity contribution in [2.24, 2.45) is 4.99 Å². The summed E-state index contributed by atoms with van der Waals surface area (Å²) in [7, 11) is 1.77. The number of hydrogen-bond acceptors (Lipinski definition) is 3. The Bertz CT molecular complexity index is 703. The smallest absolute Gasteiger partial charge is 0.191 e. The van der Waals surface area contributed by atoms with Crippen LogP contribution in [0.1, 0.15) is 23.3 Å². The molecule has 26 heavy (non-hydrogen) atoms. The van der Waals surface area contributed by atoms with E-state index in [2.05, 4.69) is 27.1 Å². The maximum atomic E-state index is 13.7. The van der Waals surface area contributed by atoms with Crippen LogP contribution < -0.4 is 10.6 Å². The summed E-state index contributed by atoms with van der Waals surface area (Å²) in [5.74, 6) is 0.569. The molecule has 2 aromatic rings. The number of aliphatic imine (C=N–C) groups is 1. The minimum Gasteiger partial charge on any atom is -0.381 e. The zero-order valence-electron chi connectivity index (χ0n) is 14.8. The third kappa shape index (κ3) is 5.40. The number of rotatable bonds is 5. The van der Waals surface area contributed by atoms with E-state index in [9.17, 15) is 4.39 Å². The summed E-state index contributed by atoms with van der Waals surface area (Å²) in [4.78, 5) is 5.57. The van der Waals surface area contributed by atoms with Crippen LogP contribution in [0.2, 0.25) is 0 Å². The minimum absolute atomic E-state index is 0. The number of nitrogens with one attached hydrogen (secondary N) is 2. The van der Waals surface area contributed by atoms with Gasteiger partial charge < -0.3 is 15.4 Å². The number of halogens is 2. The fourth-order valence-electron chi connectivity index (χ4n) is 3.21. The highest BCUT2D eigenvalue weighted by atomic mass is 127. The van der Waals surface area contributed by atoms with Crippen LogP contribution in [-0.2, 0) is 16.7 Å². The number of ether oxygens (including phenoxy) is 1. The molecule has 0 radical (unpaired) electrons. The van der Waals surface area contributed by atoms with Crippen molar-refractivity contribution in [1.29, 1.82) is 0 Å². The molecule has 0 saturated carbocycles. The molecule has 1 fully saturated rings. The van der Waals surface area contributed by atoms with Crippen LogP contribution in [0.4, 0.5) is 4.39 Å². The van der Waals surface area contributed by atoms with Gasteiger partial charge in [0, 0.05) is 37.1 Å². The first-order valence-electron chi connectivity index (χ1n) is 8.53. The quantitative estimate of drug-likeness (QED) is 0.380. The van der Waals surface area contributed by atoms with Crippen LogP contribution >= 0.6 is 35.3 Å². The molecular formula is C19H25FIN3OS. The lowest BCUT2D eigenvalue weighted by Gasteiger charge is -2.38. The van der Waals surface area contributed by atoms with Gasteiger partial charge in [0.25, 0.3) is 0 Å². The molecule has 3 rings (SSSR count). The van der Waals surface area contributed by atoms with Gasteiger partial charge in [0.15, 0.2) is 5.96 Å². The van der Waals surface area contributed by atoms with Crippen molar-refractivity contribution in [3.05, 3.63) is 58.0 Å². The largest absolute Gasteiger partial charge is 0.381 e. The number of thiophene rings is 1. The van der Waals surface area contributed by atoms with Gasteiger partial charge in [0.1, 0.15) is 5.82 Å². The van der Waals surface area contributed by atoms with E-state index in [4.69, 9.17) is 4.74 Å². The summed E-state index contributed by atoms with van der Waals surface area (Å²) < 4.78 is 19.3. The molecule has 0 unspecified atom stereocenters. The summed E-state index contributed by atoms with van der Waals surface area (Å²) in [6.45, 7) is 2.83. The number of nitrogens with zero attached hydrogens (tertiary/aromatic N) is 1. The monoisotopic (exact) mass is 489 g/mol. The van der Waals surface area contributed by atoms with Gasteiger partial charge in [-0.25, -0.2) is 4.39 Å². The van der Waals surface area contributed by atoms with Crippen LogP contribution in [0.3, 0.4) is 0 Å². The molecule has 1 aliphatic heterocycles. The minimum atomic E-state index is -0.191. The Labute approximate surface area is 175 Å². The van der Waals surface area contributed by atoms with E-state index in [0.29, 0.717) is 19.8 Å². The molecule has 1 aromatic carbocycles. The van der Waals surface area contributed by atoms with Crippen molar-refractivity contribution < 1.29 is 9.13 Å². The molecule has 1 saturated heterocycles. The van der Waals surface area contributed by atoms with Crippen molar-refractivity contribution in [2.75, 3.05) is 26.8 Å². The van der Waals surface area contributed by atoms with Gasteiger partial charge in [-0.3, -0.25) is 4.99 Å². The van der Waals surface area contributed by atoms with Crippen molar-refractivity contribution in [3.63, 3.8) is 0 Å². The molecule has 0 amide bonds. The number of benzene rings is 1. The molecule has 2 heterocycles. The number of guanidine groups is 1. The molecule has 1 aliphatic rings. The van der Waals surface area contributed by atoms with E-state index in [0.717, 1.165) is 30.9 Å². The highest BCUT2D eigenvalue weighted by Crippen LogP contribution is 2.34. The molecule has 0 spiro atoms. The molecular weight excluding hydrogens is 464 g/mol.